The van der Waals surface area contributed by atoms with E-state index in [0.29, 0.717) is 25.1 Å². The molecule has 0 aliphatic heterocycles. The maximum atomic E-state index is 15.4. The van der Waals surface area contributed by atoms with Crippen LogP contribution >= 0.6 is 11.6 Å². The lowest BCUT2D eigenvalue weighted by Gasteiger charge is -2.24. The van der Waals surface area contributed by atoms with Gasteiger partial charge in [0.2, 0.25) is 5.91 Å². The van der Waals surface area contributed by atoms with Gasteiger partial charge in [-0.2, -0.15) is 0 Å². The molecular weight excluding hydrogens is 409 g/mol. The Bertz CT molecular complexity index is 892. The first-order valence-electron chi connectivity index (χ1n) is 9.75. The molecule has 6 N–H and O–H groups in total. The molecule has 0 spiro atoms. The zero-order valence-electron chi connectivity index (χ0n) is 17.0. The Hall–Kier alpha value is -2.55. The van der Waals surface area contributed by atoms with Crippen LogP contribution in [0.3, 0.4) is 0 Å². The molecule has 1 amide bonds. The number of amides is 1. The van der Waals surface area contributed by atoms with Crippen molar-refractivity contribution in [3.63, 3.8) is 0 Å². The van der Waals surface area contributed by atoms with Crippen LogP contribution in [-0.2, 0) is 4.79 Å². The van der Waals surface area contributed by atoms with E-state index in [9.17, 15) is 9.59 Å². The average Bonchev–Trinajstić information content (AvgIpc) is 2.71. The van der Waals surface area contributed by atoms with E-state index in [1.54, 1.807) is 6.07 Å². The molecule has 2 atom stereocenters. The van der Waals surface area contributed by atoms with Crippen LogP contribution in [0, 0.1) is 5.82 Å². The van der Waals surface area contributed by atoms with E-state index in [1.807, 2.05) is 13.8 Å². The Balaban J connectivity index is 2.25. The number of ketones is 1. The van der Waals surface area contributed by atoms with Gasteiger partial charge in [0.05, 0.1) is 10.6 Å². The normalized spacial score (nSPS) is 13.0. The molecule has 0 aliphatic carbocycles. The summed E-state index contributed by atoms with van der Waals surface area (Å²) in [5.41, 5.74) is 11.2. The quantitative estimate of drug-likeness (QED) is 0.425. The highest BCUT2D eigenvalue weighted by Gasteiger charge is 2.25. The summed E-state index contributed by atoms with van der Waals surface area (Å²) in [7, 11) is 0. The van der Waals surface area contributed by atoms with Gasteiger partial charge in [0.15, 0.2) is 5.78 Å². The Labute approximate surface area is 180 Å². The molecule has 1 heterocycles. The van der Waals surface area contributed by atoms with Crippen LogP contribution in [0.4, 0.5) is 10.2 Å². The van der Waals surface area contributed by atoms with Crippen molar-refractivity contribution in [2.75, 3.05) is 18.8 Å². The van der Waals surface area contributed by atoms with Crippen LogP contribution in [0.15, 0.2) is 30.5 Å². The number of carbonyl (C=O) groups is 2. The van der Waals surface area contributed by atoms with Crippen molar-refractivity contribution in [1.29, 1.82) is 0 Å². The van der Waals surface area contributed by atoms with E-state index < -0.39 is 17.6 Å². The zero-order valence-corrected chi connectivity index (χ0v) is 17.8. The number of nitrogens with zero attached hydrogens (tertiary/aromatic N) is 1. The highest BCUT2D eigenvalue weighted by Crippen LogP contribution is 2.30. The third-order valence-corrected chi connectivity index (χ3v) is 4.94. The van der Waals surface area contributed by atoms with Gasteiger partial charge in [-0.3, -0.25) is 9.59 Å². The fourth-order valence-corrected chi connectivity index (χ4v) is 3.35. The topological polar surface area (TPSA) is 123 Å². The Morgan fingerprint density at radius 3 is 2.60 bits per heavy atom. The zero-order chi connectivity index (χ0) is 22.3. The van der Waals surface area contributed by atoms with E-state index in [4.69, 9.17) is 23.1 Å². The molecule has 9 heteroatoms. The summed E-state index contributed by atoms with van der Waals surface area (Å²) in [6.45, 7) is 4.49. The molecule has 1 aromatic carbocycles. The number of nitrogens with one attached hydrogen (secondary N) is 2. The van der Waals surface area contributed by atoms with Crippen LogP contribution in [0.25, 0.3) is 0 Å². The maximum Gasteiger partial charge on any atom is 0.221 e. The average molecular weight is 436 g/mol. The number of rotatable bonds is 10. The minimum Gasteiger partial charge on any atom is -0.384 e. The predicted octanol–water partition coefficient (Wildman–Crippen LogP) is 2.58. The van der Waals surface area contributed by atoms with Gasteiger partial charge in [0, 0.05) is 48.9 Å². The standard InChI is InChI=1S/C21H27ClFN5O2/c1-3-16(28-12(2)10-18(29)26-9-8-24)14-5-6-15(22)19(20(14)23)21(30)13-4-7-17(25)27-11-13/h4-7,11-12,16,28H,3,8-10,24H2,1-2H3,(H2,25,27)(H,26,29)/t12-,16+/m0/s1. The van der Waals surface area contributed by atoms with E-state index in [2.05, 4.69) is 15.6 Å². The number of pyridine rings is 1. The van der Waals surface area contributed by atoms with Crippen molar-refractivity contribution in [2.45, 2.75) is 38.8 Å². The number of nitrogen functional groups attached to an aromatic ring is 1. The number of anilines is 1. The second-order valence-corrected chi connectivity index (χ2v) is 7.40. The highest BCUT2D eigenvalue weighted by molar-refractivity contribution is 6.35. The summed E-state index contributed by atoms with van der Waals surface area (Å²) in [4.78, 5) is 28.6. The molecule has 0 bridgehead atoms. The molecule has 0 unspecified atom stereocenters. The first-order chi connectivity index (χ1) is 14.3. The van der Waals surface area contributed by atoms with Crippen molar-refractivity contribution in [3.05, 3.63) is 58.0 Å². The number of hydrogen-bond acceptors (Lipinski definition) is 6. The van der Waals surface area contributed by atoms with Crippen LogP contribution in [0.2, 0.25) is 5.02 Å². The molecular formula is C21H27ClFN5O2. The molecule has 0 radical (unpaired) electrons. The number of benzene rings is 1. The highest BCUT2D eigenvalue weighted by atomic mass is 35.5. The number of hydrogen-bond donors (Lipinski definition) is 4. The van der Waals surface area contributed by atoms with Gasteiger partial charge < -0.3 is 22.1 Å². The van der Waals surface area contributed by atoms with Crippen molar-refractivity contribution in [1.82, 2.24) is 15.6 Å². The van der Waals surface area contributed by atoms with Gasteiger partial charge in [-0.1, -0.05) is 24.6 Å². The van der Waals surface area contributed by atoms with Crippen molar-refractivity contribution in [2.24, 2.45) is 5.73 Å². The summed E-state index contributed by atoms with van der Waals surface area (Å²) < 4.78 is 15.4. The van der Waals surface area contributed by atoms with Gasteiger partial charge in [-0.15, -0.1) is 0 Å². The second kappa shape index (κ2) is 11.0. The summed E-state index contributed by atoms with van der Waals surface area (Å²) in [5.74, 6) is -1.15. The smallest absolute Gasteiger partial charge is 0.221 e. The lowest BCUT2D eigenvalue weighted by molar-refractivity contribution is -0.121. The molecule has 30 heavy (non-hydrogen) atoms. The summed E-state index contributed by atoms with van der Waals surface area (Å²) in [6, 6.07) is 5.37. The molecule has 2 rings (SSSR count). The fourth-order valence-electron chi connectivity index (χ4n) is 3.12. The van der Waals surface area contributed by atoms with Gasteiger partial charge in [-0.25, -0.2) is 9.37 Å². The number of aromatic nitrogens is 1. The van der Waals surface area contributed by atoms with Gasteiger partial charge >= 0.3 is 0 Å². The molecule has 0 aliphatic rings. The van der Waals surface area contributed by atoms with E-state index in [-0.39, 0.29) is 40.3 Å². The fraction of sp³-hybridized carbons (Fsp3) is 0.381. The lowest BCUT2D eigenvalue weighted by Crippen LogP contribution is -2.37. The third-order valence-electron chi connectivity index (χ3n) is 4.62. The Morgan fingerprint density at radius 1 is 1.27 bits per heavy atom. The third kappa shape index (κ3) is 5.98. The summed E-state index contributed by atoms with van der Waals surface area (Å²) in [5, 5.41) is 5.97. The van der Waals surface area contributed by atoms with Crippen LogP contribution in [0.5, 0.6) is 0 Å². The lowest BCUT2D eigenvalue weighted by atomic mass is 9.96. The first-order valence-corrected chi connectivity index (χ1v) is 10.1. The van der Waals surface area contributed by atoms with Crippen molar-refractivity contribution in [3.8, 4) is 0 Å². The molecule has 2 aromatic rings. The number of nitrogens with two attached hydrogens (primary N) is 2. The largest absolute Gasteiger partial charge is 0.384 e. The molecule has 7 nitrogen and oxygen atoms in total. The molecule has 0 saturated heterocycles. The minimum atomic E-state index is -0.691. The molecule has 162 valence electrons. The van der Waals surface area contributed by atoms with Crippen molar-refractivity contribution < 1.29 is 14.0 Å². The SMILES string of the molecule is CC[C@@H](N[C@@H](C)CC(=O)NCCN)c1ccc(Cl)c(C(=O)c2ccc(N)nc2)c1F. The second-order valence-electron chi connectivity index (χ2n) is 7.00. The van der Waals surface area contributed by atoms with Gasteiger partial charge in [0.1, 0.15) is 11.6 Å². The minimum absolute atomic E-state index is 0.0159. The Morgan fingerprint density at radius 2 is 2.00 bits per heavy atom. The van der Waals surface area contributed by atoms with Crippen LogP contribution in [-0.4, -0.2) is 35.8 Å². The Kier molecular flexibility index (Phi) is 8.71. The monoisotopic (exact) mass is 435 g/mol. The summed E-state index contributed by atoms with van der Waals surface area (Å²) >= 11 is 6.16. The molecule has 1 aromatic heterocycles. The van der Waals surface area contributed by atoms with Gasteiger partial charge in [0.25, 0.3) is 0 Å². The summed E-state index contributed by atoms with van der Waals surface area (Å²) in [6.07, 6.45) is 2.05. The van der Waals surface area contributed by atoms with E-state index in [1.165, 1.54) is 24.4 Å². The van der Waals surface area contributed by atoms with Crippen molar-refractivity contribution >= 4 is 29.1 Å². The number of halogens is 2. The van der Waals surface area contributed by atoms with Crippen LogP contribution in [0.1, 0.15) is 54.2 Å². The first kappa shape index (κ1) is 23.7. The maximum absolute atomic E-state index is 15.4. The van der Waals surface area contributed by atoms with Gasteiger partial charge in [-0.05, 0) is 31.5 Å². The predicted molar refractivity (Wildman–Crippen MR) is 116 cm³/mol. The van der Waals surface area contributed by atoms with Crippen LogP contribution < -0.4 is 22.1 Å². The number of carbonyl (C=O) groups excluding carboxylic acids is 2. The van der Waals surface area contributed by atoms with E-state index >= 15 is 4.39 Å². The molecule has 0 fully saturated rings. The van der Waals surface area contributed by atoms with E-state index in [0.717, 1.165) is 0 Å². The molecule has 0 saturated carbocycles.